The maximum Gasteiger partial charge on any atom is 0.254 e. The largest absolute Gasteiger partial charge is 0.508 e. The number of likely N-dealkylation sites (N-methyl/N-ethyl adjacent to an activating group) is 1. The molecule has 4 heteroatoms. The molecular weight excluding hydrogens is 216 g/mol. The van der Waals surface area contributed by atoms with Crippen molar-refractivity contribution in [3.8, 4) is 5.75 Å². The van der Waals surface area contributed by atoms with Crippen molar-refractivity contribution in [3.05, 3.63) is 29.8 Å². The molecule has 1 aliphatic rings. The Morgan fingerprint density at radius 1 is 1.47 bits per heavy atom. The molecule has 1 fully saturated rings. The molecule has 1 aromatic rings. The zero-order chi connectivity index (χ0) is 12.3. The van der Waals surface area contributed by atoms with E-state index in [1.54, 1.807) is 24.3 Å². The van der Waals surface area contributed by atoms with Crippen molar-refractivity contribution in [3.63, 3.8) is 0 Å². The van der Waals surface area contributed by atoms with Crippen LogP contribution in [0.5, 0.6) is 5.75 Å². The van der Waals surface area contributed by atoms with Gasteiger partial charge in [0.2, 0.25) is 0 Å². The molecule has 17 heavy (non-hydrogen) atoms. The molecule has 0 bridgehead atoms. The Kier molecular flexibility index (Phi) is 3.64. The van der Waals surface area contributed by atoms with Crippen LogP contribution in [-0.2, 0) is 0 Å². The van der Waals surface area contributed by atoms with Crippen LogP contribution >= 0.6 is 0 Å². The minimum atomic E-state index is 0.0581. The standard InChI is InChI=1S/C13H18N2O2/c1-14-9-11-3-2-8-15(11)13(17)10-4-6-12(16)7-5-10/h4-7,11,14,16H,2-3,8-9H2,1H3. The summed E-state index contributed by atoms with van der Waals surface area (Å²) < 4.78 is 0. The minimum absolute atomic E-state index is 0.0581. The normalized spacial score (nSPS) is 19.6. The third-order valence-corrected chi connectivity index (χ3v) is 3.19. The van der Waals surface area contributed by atoms with Crippen molar-refractivity contribution in [2.24, 2.45) is 0 Å². The third-order valence-electron chi connectivity index (χ3n) is 3.19. The maximum absolute atomic E-state index is 12.3. The van der Waals surface area contributed by atoms with E-state index in [0.717, 1.165) is 25.9 Å². The van der Waals surface area contributed by atoms with E-state index in [1.165, 1.54) is 0 Å². The van der Waals surface area contributed by atoms with Crippen LogP contribution in [-0.4, -0.2) is 42.1 Å². The molecule has 0 saturated carbocycles. The zero-order valence-electron chi connectivity index (χ0n) is 10.0. The summed E-state index contributed by atoms with van der Waals surface area (Å²) in [5, 5.41) is 12.3. The average molecular weight is 234 g/mol. The summed E-state index contributed by atoms with van der Waals surface area (Å²) in [7, 11) is 1.90. The van der Waals surface area contributed by atoms with Crippen LogP contribution in [0.15, 0.2) is 24.3 Å². The number of benzene rings is 1. The fourth-order valence-corrected chi connectivity index (χ4v) is 2.32. The van der Waals surface area contributed by atoms with E-state index >= 15 is 0 Å². The number of phenolic OH excluding ortho intramolecular Hbond substituents is 1. The lowest BCUT2D eigenvalue weighted by atomic mass is 10.1. The van der Waals surface area contributed by atoms with Crippen molar-refractivity contribution >= 4 is 5.91 Å². The van der Waals surface area contributed by atoms with Crippen LogP contribution in [0.1, 0.15) is 23.2 Å². The van der Waals surface area contributed by atoms with Gasteiger partial charge >= 0.3 is 0 Å². The predicted octanol–water partition coefficient (Wildman–Crippen LogP) is 1.22. The number of nitrogens with zero attached hydrogens (tertiary/aromatic N) is 1. The van der Waals surface area contributed by atoms with Crippen LogP contribution in [0.3, 0.4) is 0 Å². The SMILES string of the molecule is CNCC1CCCN1C(=O)c1ccc(O)cc1. The molecule has 1 amide bonds. The van der Waals surface area contributed by atoms with Gasteiger partial charge in [0.25, 0.3) is 5.91 Å². The molecule has 1 aromatic carbocycles. The second-order valence-corrected chi connectivity index (χ2v) is 4.40. The third kappa shape index (κ3) is 2.58. The first kappa shape index (κ1) is 11.9. The van der Waals surface area contributed by atoms with Crippen molar-refractivity contribution in [1.29, 1.82) is 0 Å². The van der Waals surface area contributed by atoms with Gasteiger partial charge in [-0.2, -0.15) is 0 Å². The molecule has 92 valence electrons. The molecule has 0 aromatic heterocycles. The fraction of sp³-hybridized carbons (Fsp3) is 0.462. The molecule has 0 aliphatic carbocycles. The quantitative estimate of drug-likeness (QED) is 0.826. The van der Waals surface area contributed by atoms with Gasteiger partial charge in [0, 0.05) is 24.7 Å². The molecule has 1 saturated heterocycles. The summed E-state index contributed by atoms with van der Waals surface area (Å²) >= 11 is 0. The van der Waals surface area contributed by atoms with Crippen LogP contribution in [0.4, 0.5) is 0 Å². The second-order valence-electron chi connectivity index (χ2n) is 4.40. The Morgan fingerprint density at radius 2 is 2.18 bits per heavy atom. The molecule has 4 nitrogen and oxygen atoms in total. The lowest BCUT2D eigenvalue weighted by Crippen LogP contribution is -2.40. The van der Waals surface area contributed by atoms with Crippen LogP contribution in [0.2, 0.25) is 0 Å². The maximum atomic E-state index is 12.3. The van der Waals surface area contributed by atoms with Crippen LogP contribution in [0, 0.1) is 0 Å². The Labute approximate surface area is 101 Å². The van der Waals surface area contributed by atoms with E-state index in [9.17, 15) is 9.90 Å². The van der Waals surface area contributed by atoms with Gasteiger partial charge < -0.3 is 15.3 Å². The number of likely N-dealkylation sites (tertiary alicyclic amines) is 1. The number of rotatable bonds is 3. The van der Waals surface area contributed by atoms with Gasteiger partial charge in [-0.15, -0.1) is 0 Å². The van der Waals surface area contributed by atoms with Gasteiger partial charge in [-0.1, -0.05) is 0 Å². The predicted molar refractivity (Wildman–Crippen MR) is 66.1 cm³/mol. The molecular formula is C13H18N2O2. The summed E-state index contributed by atoms with van der Waals surface area (Å²) in [4.78, 5) is 14.2. The van der Waals surface area contributed by atoms with Gasteiger partial charge in [-0.05, 0) is 44.2 Å². The number of carbonyl (C=O) groups is 1. The highest BCUT2D eigenvalue weighted by Gasteiger charge is 2.28. The summed E-state index contributed by atoms with van der Waals surface area (Å²) in [6.45, 7) is 1.66. The van der Waals surface area contributed by atoms with Gasteiger partial charge in [0.1, 0.15) is 5.75 Å². The lowest BCUT2D eigenvalue weighted by molar-refractivity contribution is 0.0737. The Morgan fingerprint density at radius 3 is 2.82 bits per heavy atom. The van der Waals surface area contributed by atoms with Crippen LogP contribution < -0.4 is 5.32 Å². The molecule has 2 N–H and O–H groups in total. The monoisotopic (exact) mass is 234 g/mol. The van der Waals surface area contributed by atoms with Crippen molar-refractivity contribution < 1.29 is 9.90 Å². The highest BCUT2D eigenvalue weighted by atomic mass is 16.3. The molecule has 2 rings (SSSR count). The average Bonchev–Trinajstić information content (AvgIpc) is 2.78. The number of aromatic hydroxyl groups is 1. The van der Waals surface area contributed by atoms with Gasteiger partial charge in [0.05, 0.1) is 0 Å². The van der Waals surface area contributed by atoms with E-state index in [0.29, 0.717) is 11.6 Å². The molecule has 1 unspecified atom stereocenters. The smallest absolute Gasteiger partial charge is 0.254 e. The van der Waals surface area contributed by atoms with E-state index in [4.69, 9.17) is 0 Å². The minimum Gasteiger partial charge on any atom is -0.508 e. The first-order chi connectivity index (χ1) is 8.22. The number of carbonyl (C=O) groups excluding carboxylic acids is 1. The Balaban J connectivity index is 2.11. The summed E-state index contributed by atoms with van der Waals surface area (Å²) in [5.41, 5.74) is 0.644. The summed E-state index contributed by atoms with van der Waals surface area (Å²) in [5.74, 6) is 0.248. The first-order valence-corrected chi connectivity index (χ1v) is 5.97. The second kappa shape index (κ2) is 5.19. The molecule has 1 aliphatic heterocycles. The van der Waals surface area contributed by atoms with E-state index < -0.39 is 0 Å². The van der Waals surface area contributed by atoms with Crippen molar-refractivity contribution in [2.75, 3.05) is 20.1 Å². The van der Waals surface area contributed by atoms with E-state index in [2.05, 4.69) is 5.32 Å². The van der Waals surface area contributed by atoms with Crippen molar-refractivity contribution in [2.45, 2.75) is 18.9 Å². The Hall–Kier alpha value is -1.55. The number of hydrogen-bond donors (Lipinski definition) is 2. The highest BCUT2D eigenvalue weighted by Crippen LogP contribution is 2.20. The van der Waals surface area contributed by atoms with Crippen LogP contribution in [0.25, 0.3) is 0 Å². The topological polar surface area (TPSA) is 52.6 Å². The Bertz CT molecular complexity index is 389. The number of hydrogen-bond acceptors (Lipinski definition) is 3. The van der Waals surface area contributed by atoms with E-state index in [-0.39, 0.29) is 11.7 Å². The molecule has 1 atom stereocenters. The zero-order valence-corrected chi connectivity index (χ0v) is 10.0. The fourth-order valence-electron chi connectivity index (χ4n) is 2.32. The summed E-state index contributed by atoms with van der Waals surface area (Å²) in [6, 6.07) is 6.74. The number of nitrogens with one attached hydrogen (secondary N) is 1. The highest BCUT2D eigenvalue weighted by molar-refractivity contribution is 5.94. The van der Waals surface area contributed by atoms with Gasteiger partial charge in [-0.25, -0.2) is 0 Å². The molecule has 0 spiro atoms. The van der Waals surface area contributed by atoms with Gasteiger partial charge in [-0.3, -0.25) is 4.79 Å². The number of phenols is 1. The number of amides is 1. The molecule has 0 radical (unpaired) electrons. The van der Waals surface area contributed by atoms with E-state index in [1.807, 2.05) is 11.9 Å². The summed E-state index contributed by atoms with van der Waals surface area (Å²) in [6.07, 6.45) is 2.13. The first-order valence-electron chi connectivity index (χ1n) is 5.97. The molecule has 1 heterocycles. The lowest BCUT2D eigenvalue weighted by Gasteiger charge is -2.24. The van der Waals surface area contributed by atoms with Gasteiger partial charge in [0.15, 0.2) is 0 Å². The van der Waals surface area contributed by atoms with Crippen molar-refractivity contribution in [1.82, 2.24) is 10.2 Å².